The third kappa shape index (κ3) is 3.73. The summed E-state index contributed by atoms with van der Waals surface area (Å²) in [6, 6.07) is 8.96. The molecule has 0 radical (unpaired) electrons. The first-order chi connectivity index (χ1) is 12.2. The molecule has 1 atom stereocenters. The lowest BCUT2D eigenvalue weighted by molar-refractivity contribution is -0.120. The average Bonchev–Trinajstić information content (AvgIpc) is 3.06. The number of hydrogen-bond donors (Lipinski definition) is 0. The molecule has 0 N–H and O–H groups in total. The molecule has 5 heteroatoms. The molecule has 0 aromatic heterocycles. The van der Waals surface area contributed by atoms with Crippen LogP contribution in [-0.4, -0.2) is 73.7 Å². The molecule has 1 aromatic carbocycles. The molecule has 2 saturated heterocycles. The lowest BCUT2D eigenvalue weighted by atomic mass is 10.0. The Morgan fingerprint density at radius 3 is 2.76 bits per heavy atom. The summed E-state index contributed by atoms with van der Waals surface area (Å²) < 4.78 is 5.66. The normalized spacial score (nSPS) is 26.0. The van der Waals surface area contributed by atoms with Crippen LogP contribution in [-0.2, 0) is 16.0 Å². The number of amides is 1. The number of morpholine rings is 1. The minimum atomic E-state index is 0.253. The molecule has 3 aliphatic heterocycles. The number of likely N-dealkylation sites (tertiary alicyclic amines) is 1. The van der Waals surface area contributed by atoms with Gasteiger partial charge in [-0.25, -0.2) is 0 Å². The van der Waals surface area contributed by atoms with Crippen molar-refractivity contribution < 1.29 is 9.53 Å². The molecule has 0 bridgehead atoms. The number of nitrogens with zero attached hydrogens (tertiary/aromatic N) is 3. The molecule has 3 aliphatic rings. The van der Waals surface area contributed by atoms with Gasteiger partial charge in [0.25, 0.3) is 0 Å². The van der Waals surface area contributed by atoms with Gasteiger partial charge in [-0.1, -0.05) is 18.2 Å². The van der Waals surface area contributed by atoms with Gasteiger partial charge in [0.1, 0.15) is 0 Å². The summed E-state index contributed by atoms with van der Waals surface area (Å²) in [7, 11) is 0. The summed E-state index contributed by atoms with van der Waals surface area (Å²) in [4.78, 5) is 19.7. The van der Waals surface area contributed by atoms with Gasteiger partial charge >= 0.3 is 0 Å². The fourth-order valence-electron chi connectivity index (χ4n) is 4.49. The molecule has 0 saturated carbocycles. The number of piperidine rings is 1. The summed E-state index contributed by atoms with van der Waals surface area (Å²) in [5, 5.41) is 0. The van der Waals surface area contributed by atoms with Crippen molar-refractivity contribution in [3.63, 3.8) is 0 Å². The Bertz CT molecular complexity index is 613. The van der Waals surface area contributed by atoms with Crippen molar-refractivity contribution in [1.29, 1.82) is 0 Å². The van der Waals surface area contributed by atoms with E-state index in [0.29, 0.717) is 18.7 Å². The van der Waals surface area contributed by atoms with E-state index in [1.165, 1.54) is 5.56 Å². The number of ether oxygens (including phenoxy) is 1. The average molecular weight is 343 g/mol. The van der Waals surface area contributed by atoms with Crippen LogP contribution in [0.4, 0.5) is 5.69 Å². The van der Waals surface area contributed by atoms with Gasteiger partial charge in [0.2, 0.25) is 5.91 Å². The Kier molecular flexibility index (Phi) is 5.06. The van der Waals surface area contributed by atoms with Crippen molar-refractivity contribution in [3.8, 4) is 0 Å². The van der Waals surface area contributed by atoms with E-state index in [1.54, 1.807) is 0 Å². The van der Waals surface area contributed by atoms with Crippen molar-refractivity contribution in [2.45, 2.75) is 38.3 Å². The van der Waals surface area contributed by atoms with Crippen LogP contribution in [0.1, 0.15) is 25.3 Å². The molecular formula is C20H29N3O2. The summed E-state index contributed by atoms with van der Waals surface area (Å²) in [6.45, 7) is 8.56. The van der Waals surface area contributed by atoms with Crippen LogP contribution in [0.5, 0.6) is 0 Å². The van der Waals surface area contributed by atoms with Crippen molar-refractivity contribution >= 4 is 11.6 Å². The van der Waals surface area contributed by atoms with E-state index < -0.39 is 0 Å². The second-order valence-corrected chi connectivity index (χ2v) is 7.61. The Labute approximate surface area is 150 Å². The summed E-state index contributed by atoms with van der Waals surface area (Å²) in [5.74, 6) is 0.253. The van der Waals surface area contributed by atoms with Crippen LogP contribution in [0.15, 0.2) is 24.3 Å². The van der Waals surface area contributed by atoms with E-state index in [1.807, 2.05) is 11.0 Å². The van der Waals surface area contributed by atoms with Crippen LogP contribution in [0.2, 0.25) is 0 Å². The lowest BCUT2D eigenvalue weighted by Gasteiger charge is -2.41. The SMILES string of the molecule is CC1CN(C2CCN(CC(=O)N3CCc4ccccc43)CC2)CCO1. The minimum absolute atomic E-state index is 0.253. The number of rotatable bonds is 3. The maximum atomic E-state index is 12.8. The second-order valence-electron chi connectivity index (χ2n) is 7.61. The van der Waals surface area contributed by atoms with Crippen LogP contribution >= 0.6 is 0 Å². The topological polar surface area (TPSA) is 36.0 Å². The highest BCUT2D eigenvalue weighted by atomic mass is 16.5. The van der Waals surface area contributed by atoms with Gasteiger partial charge in [-0.05, 0) is 37.8 Å². The smallest absolute Gasteiger partial charge is 0.241 e. The summed E-state index contributed by atoms with van der Waals surface area (Å²) in [6.07, 6.45) is 3.66. The highest BCUT2D eigenvalue weighted by Gasteiger charge is 2.30. The molecule has 4 rings (SSSR count). The lowest BCUT2D eigenvalue weighted by Crippen LogP contribution is -2.52. The van der Waals surface area contributed by atoms with Gasteiger partial charge in [-0.3, -0.25) is 14.6 Å². The van der Waals surface area contributed by atoms with Gasteiger partial charge in [-0.2, -0.15) is 0 Å². The third-order valence-corrected chi connectivity index (χ3v) is 5.89. The third-order valence-electron chi connectivity index (χ3n) is 5.89. The maximum absolute atomic E-state index is 12.8. The first kappa shape index (κ1) is 17.0. The molecule has 1 amide bonds. The van der Waals surface area contributed by atoms with Crippen LogP contribution in [0, 0.1) is 0 Å². The predicted molar refractivity (Wildman–Crippen MR) is 98.9 cm³/mol. The van der Waals surface area contributed by atoms with Gasteiger partial charge in [-0.15, -0.1) is 0 Å². The number of benzene rings is 1. The number of carbonyl (C=O) groups excluding carboxylic acids is 1. The first-order valence-corrected chi connectivity index (χ1v) is 9.67. The molecule has 136 valence electrons. The number of carbonyl (C=O) groups is 1. The van der Waals surface area contributed by atoms with E-state index >= 15 is 0 Å². The van der Waals surface area contributed by atoms with E-state index in [9.17, 15) is 4.79 Å². The van der Waals surface area contributed by atoms with Gasteiger partial charge in [0.05, 0.1) is 19.3 Å². The molecule has 0 aliphatic carbocycles. The van der Waals surface area contributed by atoms with E-state index in [2.05, 4.69) is 34.9 Å². The Morgan fingerprint density at radius 2 is 1.96 bits per heavy atom. The number of hydrogen-bond acceptors (Lipinski definition) is 4. The molecule has 2 fully saturated rings. The van der Waals surface area contributed by atoms with E-state index in [-0.39, 0.29) is 5.91 Å². The zero-order valence-electron chi connectivity index (χ0n) is 15.2. The standard InChI is InChI=1S/C20H29N3O2/c1-16-14-22(12-13-25-16)18-7-9-21(10-8-18)15-20(24)23-11-6-17-4-2-3-5-19(17)23/h2-5,16,18H,6-15H2,1H3. The molecule has 1 aromatic rings. The monoisotopic (exact) mass is 343 g/mol. The molecular weight excluding hydrogens is 314 g/mol. The Hall–Kier alpha value is -1.43. The molecule has 25 heavy (non-hydrogen) atoms. The number of fused-ring (bicyclic) bond motifs is 1. The second kappa shape index (κ2) is 7.44. The maximum Gasteiger partial charge on any atom is 0.241 e. The first-order valence-electron chi connectivity index (χ1n) is 9.67. The van der Waals surface area contributed by atoms with Crippen LogP contribution in [0.3, 0.4) is 0 Å². The highest BCUT2D eigenvalue weighted by molar-refractivity contribution is 5.96. The number of anilines is 1. The number of para-hydroxylation sites is 1. The van der Waals surface area contributed by atoms with Crippen molar-refractivity contribution in [3.05, 3.63) is 29.8 Å². The molecule has 1 unspecified atom stereocenters. The summed E-state index contributed by atoms with van der Waals surface area (Å²) in [5.41, 5.74) is 2.42. The van der Waals surface area contributed by atoms with E-state index in [4.69, 9.17) is 4.74 Å². The zero-order valence-corrected chi connectivity index (χ0v) is 15.2. The van der Waals surface area contributed by atoms with Crippen molar-refractivity contribution in [2.75, 3.05) is 50.8 Å². The molecule has 0 spiro atoms. The Balaban J connectivity index is 1.28. The van der Waals surface area contributed by atoms with Crippen molar-refractivity contribution in [1.82, 2.24) is 9.80 Å². The van der Waals surface area contributed by atoms with E-state index in [0.717, 1.165) is 64.3 Å². The fourth-order valence-corrected chi connectivity index (χ4v) is 4.49. The highest BCUT2D eigenvalue weighted by Crippen LogP contribution is 2.28. The fraction of sp³-hybridized carbons (Fsp3) is 0.650. The minimum Gasteiger partial charge on any atom is -0.376 e. The summed E-state index contributed by atoms with van der Waals surface area (Å²) >= 11 is 0. The van der Waals surface area contributed by atoms with Crippen molar-refractivity contribution in [2.24, 2.45) is 0 Å². The van der Waals surface area contributed by atoms with Gasteiger partial charge in [0, 0.05) is 44.5 Å². The quantitative estimate of drug-likeness (QED) is 0.838. The van der Waals surface area contributed by atoms with Crippen LogP contribution in [0.25, 0.3) is 0 Å². The van der Waals surface area contributed by atoms with Gasteiger partial charge < -0.3 is 9.64 Å². The molecule has 3 heterocycles. The predicted octanol–water partition coefficient (Wildman–Crippen LogP) is 1.76. The Morgan fingerprint density at radius 1 is 1.16 bits per heavy atom. The molecule has 5 nitrogen and oxygen atoms in total. The zero-order chi connectivity index (χ0) is 17.2. The van der Waals surface area contributed by atoms with Gasteiger partial charge in [0.15, 0.2) is 0 Å². The van der Waals surface area contributed by atoms with Crippen LogP contribution < -0.4 is 4.90 Å². The largest absolute Gasteiger partial charge is 0.376 e.